The van der Waals surface area contributed by atoms with Gasteiger partial charge >= 0.3 is 0 Å². The van der Waals surface area contributed by atoms with Gasteiger partial charge in [0, 0.05) is 6.04 Å². The highest BCUT2D eigenvalue weighted by Gasteiger charge is 2.39. The summed E-state index contributed by atoms with van der Waals surface area (Å²) < 4.78 is 0.726. The molecule has 4 nitrogen and oxygen atoms in total. The Morgan fingerprint density at radius 2 is 2.37 bits per heavy atom. The predicted octanol–water partition coefficient (Wildman–Crippen LogP) is 2.26. The third kappa shape index (κ3) is 2.01. The van der Waals surface area contributed by atoms with Gasteiger partial charge in [-0.25, -0.2) is 4.98 Å². The van der Waals surface area contributed by atoms with Gasteiger partial charge < -0.3 is 10.3 Å². The molecule has 2 aliphatic rings. The fraction of sp³-hybridized carbons (Fsp3) is 0.571. The number of thiophene rings is 1. The molecule has 2 aromatic rings. The second kappa shape index (κ2) is 4.42. The molecule has 0 aliphatic heterocycles. The maximum Gasteiger partial charge on any atom is 0.268 e. The molecule has 4 rings (SSSR count). The fourth-order valence-electron chi connectivity index (χ4n) is 3.73. The third-order valence-electron chi connectivity index (χ3n) is 4.63. The van der Waals surface area contributed by atoms with Crippen molar-refractivity contribution in [1.29, 1.82) is 0 Å². The van der Waals surface area contributed by atoms with E-state index in [0.717, 1.165) is 27.9 Å². The van der Waals surface area contributed by atoms with E-state index in [0.29, 0.717) is 12.6 Å². The minimum Gasteiger partial charge on any atom is -0.308 e. The lowest BCUT2D eigenvalue weighted by Crippen LogP contribution is -2.34. The first-order chi connectivity index (χ1) is 9.29. The summed E-state index contributed by atoms with van der Waals surface area (Å²) in [4.78, 5) is 19.3. The van der Waals surface area contributed by atoms with E-state index in [2.05, 4.69) is 15.3 Å². The molecule has 2 aromatic heterocycles. The number of rotatable bonds is 3. The number of nitrogens with one attached hydrogen (secondary N) is 2. The lowest BCUT2D eigenvalue weighted by atomic mass is 9.95. The predicted molar refractivity (Wildman–Crippen MR) is 76.3 cm³/mol. The highest BCUT2D eigenvalue weighted by Crippen LogP contribution is 2.44. The Kier molecular flexibility index (Phi) is 2.70. The summed E-state index contributed by atoms with van der Waals surface area (Å²) in [7, 11) is 0. The van der Waals surface area contributed by atoms with Crippen molar-refractivity contribution in [2.24, 2.45) is 11.8 Å². The van der Waals surface area contributed by atoms with Gasteiger partial charge in [0.05, 0.1) is 12.1 Å². The van der Waals surface area contributed by atoms with Crippen LogP contribution in [-0.4, -0.2) is 16.0 Å². The van der Waals surface area contributed by atoms with Crippen molar-refractivity contribution in [3.63, 3.8) is 0 Å². The van der Waals surface area contributed by atoms with Crippen molar-refractivity contribution in [1.82, 2.24) is 15.3 Å². The fourth-order valence-corrected chi connectivity index (χ4v) is 4.45. The van der Waals surface area contributed by atoms with E-state index in [1.165, 1.54) is 37.0 Å². The molecule has 5 heteroatoms. The minimum atomic E-state index is -0.00950. The van der Waals surface area contributed by atoms with Gasteiger partial charge in [0.2, 0.25) is 0 Å². The summed E-state index contributed by atoms with van der Waals surface area (Å²) in [5.41, 5.74) is 0.809. The largest absolute Gasteiger partial charge is 0.308 e. The van der Waals surface area contributed by atoms with Gasteiger partial charge in [-0.3, -0.25) is 4.79 Å². The zero-order valence-electron chi connectivity index (χ0n) is 10.7. The van der Waals surface area contributed by atoms with Crippen LogP contribution in [0.5, 0.6) is 0 Å². The molecule has 2 aliphatic carbocycles. The summed E-state index contributed by atoms with van der Waals surface area (Å²) in [6.45, 7) is 0.676. The Balaban J connectivity index is 1.51. The van der Waals surface area contributed by atoms with Crippen LogP contribution in [0, 0.1) is 11.8 Å². The molecule has 0 aromatic carbocycles. The van der Waals surface area contributed by atoms with Gasteiger partial charge in [0.1, 0.15) is 10.5 Å². The van der Waals surface area contributed by atoms with Crippen LogP contribution in [0.1, 0.15) is 31.5 Å². The van der Waals surface area contributed by atoms with Crippen molar-refractivity contribution in [3.05, 3.63) is 27.6 Å². The van der Waals surface area contributed by atoms with E-state index in [1.807, 2.05) is 11.4 Å². The van der Waals surface area contributed by atoms with Crippen molar-refractivity contribution in [3.8, 4) is 0 Å². The van der Waals surface area contributed by atoms with Crippen LogP contribution in [0.4, 0.5) is 0 Å². The SMILES string of the molecule is O=c1[nH]c(CNC2CC3CCC2C3)nc2ccsc12. The molecule has 100 valence electrons. The summed E-state index contributed by atoms with van der Waals surface area (Å²) >= 11 is 1.45. The van der Waals surface area contributed by atoms with E-state index in [4.69, 9.17) is 0 Å². The molecule has 2 N–H and O–H groups in total. The number of nitrogens with zero attached hydrogens (tertiary/aromatic N) is 1. The van der Waals surface area contributed by atoms with Gasteiger partial charge in [0.25, 0.3) is 5.56 Å². The van der Waals surface area contributed by atoms with Crippen LogP contribution in [-0.2, 0) is 6.54 Å². The quantitative estimate of drug-likeness (QED) is 0.903. The number of fused-ring (bicyclic) bond motifs is 3. The van der Waals surface area contributed by atoms with E-state index in [9.17, 15) is 4.79 Å². The first-order valence-electron chi connectivity index (χ1n) is 6.99. The molecule has 2 heterocycles. The molecular weight excluding hydrogens is 258 g/mol. The minimum absolute atomic E-state index is 0.00950. The summed E-state index contributed by atoms with van der Waals surface area (Å²) in [6.07, 6.45) is 5.48. The number of aromatic nitrogens is 2. The van der Waals surface area contributed by atoms with Crippen LogP contribution in [0.2, 0.25) is 0 Å². The van der Waals surface area contributed by atoms with E-state index >= 15 is 0 Å². The average molecular weight is 275 g/mol. The third-order valence-corrected chi connectivity index (χ3v) is 5.54. The monoisotopic (exact) mass is 275 g/mol. The number of hydrogen-bond acceptors (Lipinski definition) is 4. The first-order valence-corrected chi connectivity index (χ1v) is 7.87. The smallest absolute Gasteiger partial charge is 0.268 e. The first kappa shape index (κ1) is 11.6. The molecule has 19 heavy (non-hydrogen) atoms. The van der Waals surface area contributed by atoms with Crippen LogP contribution in [0.15, 0.2) is 16.2 Å². The number of hydrogen-bond donors (Lipinski definition) is 2. The Labute approximate surface area is 115 Å². The molecule has 3 unspecified atom stereocenters. The lowest BCUT2D eigenvalue weighted by molar-refractivity contribution is 0.348. The summed E-state index contributed by atoms with van der Waals surface area (Å²) in [5, 5.41) is 5.50. The van der Waals surface area contributed by atoms with Crippen molar-refractivity contribution in [2.75, 3.05) is 0 Å². The Morgan fingerprint density at radius 3 is 3.16 bits per heavy atom. The van der Waals surface area contributed by atoms with Crippen LogP contribution in [0.25, 0.3) is 10.2 Å². The van der Waals surface area contributed by atoms with E-state index < -0.39 is 0 Å². The van der Waals surface area contributed by atoms with Gasteiger partial charge in [-0.2, -0.15) is 0 Å². The molecule has 2 fully saturated rings. The van der Waals surface area contributed by atoms with Crippen LogP contribution in [0.3, 0.4) is 0 Å². The lowest BCUT2D eigenvalue weighted by Gasteiger charge is -2.22. The molecule has 2 saturated carbocycles. The molecular formula is C14H17N3OS. The molecule has 0 saturated heterocycles. The zero-order valence-corrected chi connectivity index (χ0v) is 11.5. The van der Waals surface area contributed by atoms with Gasteiger partial charge in [-0.05, 0) is 42.5 Å². The van der Waals surface area contributed by atoms with Gasteiger partial charge in [-0.1, -0.05) is 6.42 Å². The topological polar surface area (TPSA) is 57.8 Å². The molecule has 0 amide bonds. The summed E-state index contributed by atoms with van der Waals surface area (Å²) in [6, 6.07) is 2.54. The average Bonchev–Trinajstić information content (AvgIpc) is 3.11. The van der Waals surface area contributed by atoms with E-state index in [-0.39, 0.29) is 5.56 Å². The molecule has 2 bridgehead atoms. The second-order valence-corrected chi connectivity index (χ2v) is 6.73. The molecule has 3 atom stereocenters. The standard InChI is InChI=1S/C14H17N3OS/c18-14-13-10(3-4-19-13)16-12(17-14)7-15-11-6-8-1-2-9(11)5-8/h3-4,8-9,11,15H,1-2,5-7H2,(H,16,17,18). The van der Waals surface area contributed by atoms with E-state index in [1.54, 1.807) is 0 Å². The Bertz CT molecular complexity index is 662. The second-order valence-electron chi connectivity index (χ2n) is 5.81. The van der Waals surface area contributed by atoms with Gasteiger partial charge in [0.15, 0.2) is 0 Å². The maximum absolute atomic E-state index is 11.9. The van der Waals surface area contributed by atoms with Gasteiger partial charge in [-0.15, -0.1) is 11.3 Å². The normalized spacial score (nSPS) is 29.4. The Morgan fingerprint density at radius 1 is 1.42 bits per heavy atom. The van der Waals surface area contributed by atoms with Crippen LogP contribution < -0.4 is 10.9 Å². The van der Waals surface area contributed by atoms with Crippen molar-refractivity contribution >= 4 is 21.6 Å². The Hall–Kier alpha value is -1.20. The maximum atomic E-state index is 11.9. The highest BCUT2D eigenvalue weighted by molar-refractivity contribution is 7.17. The molecule has 0 radical (unpaired) electrons. The van der Waals surface area contributed by atoms with Crippen molar-refractivity contribution in [2.45, 2.75) is 38.3 Å². The zero-order chi connectivity index (χ0) is 12.8. The highest BCUT2D eigenvalue weighted by atomic mass is 32.1. The van der Waals surface area contributed by atoms with Crippen LogP contribution >= 0.6 is 11.3 Å². The number of H-pyrrole nitrogens is 1. The molecule has 0 spiro atoms. The number of aromatic amines is 1. The summed E-state index contributed by atoms with van der Waals surface area (Å²) in [5.74, 6) is 2.55. The van der Waals surface area contributed by atoms with Crippen molar-refractivity contribution < 1.29 is 0 Å².